The van der Waals surface area contributed by atoms with Gasteiger partial charge in [0.15, 0.2) is 0 Å². The minimum Gasteiger partial charge on any atom is -0.378 e. The molecule has 36 heavy (non-hydrogen) atoms. The van der Waals surface area contributed by atoms with Crippen LogP contribution in [0.25, 0.3) is 21.9 Å². The van der Waals surface area contributed by atoms with Crippen molar-refractivity contribution in [3.05, 3.63) is 48.0 Å². The molecule has 0 unspecified atom stereocenters. The zero-order valence-electron chi connectivity index (χ0n) is 21.4. The molecule has 7 heteroatoms. The third kappa shape index (κ3) is 4.97. The molecule has 0 saturated carbocycles. The number of carbonyl (C=O) groups excluding carboxylic acids is 1. The summed E-state index contributed by atoms with van der Waals surface area (Å²) >= 11 is 0. The smallest absolute Gasteiger partial charge is 0.142 e. The zero-order chi connectivity index (χ0) is 24.5. The van der Waals surface area contributed by atoms with Gasteiger partial charge in [-0.15, -0.1) is 0 Å². The van der Waals surface area contributed by atoms with E-state index in [2.05, 4.69) is 44.1 Å². The second-order valence-corrected chi connectivity index (χ2v) is 10.8. The fourth-order valence-electron chi connectivity index (χ4n) is 6.02. The van der Waals surface area contributed by atoms with E-state index in [9.17, 15) is 4.79 Å². The standard InChI is InChI=1S/C29H37N5O2/c1-32-28(18-33-9-3-2-4-10-33)27(17-31-32)22-5-6-23-16-30-25(14-24(23)13-22)15-29(35)21-7-11-34(12-8-21)26-19-36-20-26/h5-6,13-14,16-17,21,26H,2-4,7-12,15,18-20H2,1H3. The van der Waals surface area contributed by atoms with Crippen LogP contribution in [0.1, 0.15) is 43.5 Å². The van der Waals surface area contributed by atoms with E-state index < -0.39 is 0 Å². The van der Waals surface area contributed by atoms with Gasteiger partial charge in [0.1, 0.15) is 5.78 Å². The lowest BCUT2D eigenvalue weighted by Gasteiger charge is -2.41. The molecule has 5 heterocycles. The van der Waals surface area contributed by atoms with E-state index in [-0.39, 0.29) is 5.92 Å². The molecule has 0 radical (unpaired) electrons. The lowest BCUT2D eigenvalue weighted by atomic mass is 9.89. The second-order valence-electron chi connectivity index (χ2n) is 10.8. The van der Waals surface area contributed by atoms with E-state index in [1.807, 2.05) is 24.1 Å². The first-order valence-electron chi connectivity index (χ1n) is 13.6. The molecule has 1 aromatic carbocycles. The molecule has 3 fully saturated rings. The summed E-state index contributed by atoms with van der Waals surface area (Å²) in [6.07, 6.45) is 10.1. The predicted molar refractivity (Wildman–Crippen MR) is 141 cm³/mol. The molecule has 0 amide bonds. The summed E-state index contributed by atoms with van der Waals surface area (Å²) < 4.78 is 7.35. The predicted octanol–water partition coefficient (Wildman–Crippen LogP) is 3.84. The maximum atomic E-state index is 13.1. The van der Waals surface area contributed by atoms with E-state index in [1.54, 1.807) is 0 Å². The molecule has 3 aliphatic heterocycles. The van der Waals surface area contributed by atoms with Crippen LogP contribution in [0.4, 0.5) is 0 Å². The van der Waals surface area contributed by atoms with E-state index >= 15 is 0 Å². The van der Waals surface area contributed by atoms with E-state index in [0.29, 0.717) is 18.2 Å². The molecule has 0 N–H and O–H groups in total. The van der Waals surface area contributed by atoms with Crippen molar-refractivity contribution >= 4 is 16.6 Å². The molecular formula is C29H37N5O2. The minimum atomic E-state index is 0.152. The van der Waals surface area contributed by atoms with Crippen LogP contribution in [0.2, 0.25) is 0 Å². The average molecular weight is 488 g/mol. The molecule has 0 atom stereocenters. The average Bonchev–Trinajstić information content (AvgIpc) is 3.23. The third-order valence-corrected chi connectivity index (χ3v) is 8.45. The van der Waals surface area contributed by atoms with Crippen LogP contribution in [-0.4, -0.2) is 75.8 Å². The Labute approximate surface area is 213 Å². The van der Waals surface area contributed by atoms with Gasteiger partial charge in [-0.2, -0.15) is 5.10 Å². The van der Waals surface area contributed by atoms with Crippen molar-refractivity contribution in [2.75, 3.05) is 39.4 Å². The van der Waals surface area contributed by atoms with Crippen LogP contribution in [0.5, 0.6) is 0 Å². The third-order valence-electron chi connectivity index (χ3n) is 8.45. The largest absolute Gasteiger partial charge is 0.378 e. The van der Waals surface area contributed by atoms with Gasteiger partial charge in [0.2, 0.25) is 0 Å². The summed E-state index contributed by atoms with van der Waals surface area (Å²) in [4.78, 5) is 22.8. The van der Waals surface area contributed by atoms with Crippen molar-refractivity contribution < 1.29 is 9.53 Å². The summed E-state index contributed by atoms with van der Waals surface area (Å²) in [6, 6.07) is 9.23. The van der Waals surface area contributed by atoms with Gasteiger partial charge in [-0.25, -0.2) is 0 Å². The molecule has 3 aliphatic rings. The summed E-state index contributed by atoms with van der Waals surface area (Å²) in [5, 5.41) is 6.84. The first-order chi connectivity index (χ1) is 17.6. The van der Waals surface area contributed by atoms with Crippen LogP contribution in [0, 0.1) is 5.92 Å². The fourth-order valence-corrected chi connectivity index (χ4v) is 6.02. The summed E-state index contributed by atoms with van der Waals surface area (Å²) in [5.74, 6) is 0.484. The number of fused-ring (bicyclic) bond motifs is 1. The highest BCUT2D eigenvalue weighted by Crippen LogP contribution is 2.29. The topological polar surface area (TPSA) is 63.5 Å². The van der Waals surface area contributed by atoms with Crippen molar-refractivity contribution in [1.29, 1.82) is 0 Å². The summed E-state index contributed by atoms with van der Waals surface area (Å²) in [6.45, 7) is 6.97. The number of pyridine rings is 1. The highest BCUT2D eigenvalue weighted by molar-refractivity contribution is 5.89. The molecular weight excluding hydrogens is 450 g/mol. The highest BCUT2D eigenvalue weighted by Gasteiger charge is 2.31. The van der Waals surface area contributed by atoms with Gasteiger partial charge in [-0.05, 0) is 74.9 Å². The molecule has 6 rings (SSSR count). The molecule has 0 bridgehead atoms. The minimum absolute atomic E-state index is 0.152. The highest BCUT2D eigenvalue weighted by atomic mass is 16.5. The Kier molecular flexibility index (Phi) is 6.87. The number of aryl methyl sites for hydroxylation is 1. The van der Waals surface area contributed by atoms with Gasteiger partial charge >= 0.3 is 0 Å². The number of ketones is 1. The molecule has 7 nitrogen and oxygen atoms in total. The number of piperidine rings is 2. The monoisotopic (exact) mass is 487 g/mol. The number of ether oxygens (including phenoxy) is 1. The number of benzene rings is 1. The maximum absolute atomic E-state index is 13.1. The number of carbonyl (C=O) groups is 1. The lowest BCUT2D eigenvalue weighted by Crippen LogP contribution is -2.52. The van der Waals surface area contributed by atoms with Crippen molar-refractivity contribution in [2.24, 2.45) is 13.0 Å². The number of rotatable bonds is 7. The maximum Gasteiger partial charge on any atom is 0.142 e. The zero-order valence-corrected chi connectivity index (χ0v) is 21.4. The first-order valence-corrected chi connectivity index (χ1v) is 13.6. The fraction of sp³-hybridized carbons (Fsp3) is 0.552. The van der Waals surface area contributed by atoms with Gasteiger partial charge in [-0.1, -0.05) is 18.6 Å². The van der Waals surface area contributed by atoms with Gasteiger partial charge in [-0.3, -0.25) is 24.3 Å². The quantitative estimate of drug-likeness (QED) is 0.505. The number of hydrogen-bond donors (Lipinski definition) is 0. The van der Waals surface area contributed by atoms with Crippen molar-refractivity contribution in [1.82, 2.24) is 24.6 Å². The number of nitrogens with zero attached hydrogens (tertiary/aromatic N) is 5. The lowest BCUT2D eigenvalue weighted by molar-refractivity contribution is -0.125. The normalized spacial score (nSPS) is 20.6. The van der Waals surface area contributed by atoms with E-state index in [1.165, 1.54) is 49.2 Å². The van der Waals surface area contributed by atoms with Gasteiger partial charge in [0.05, 0.1) is 31.1 Å². The number of aromatic nitrogens is 3. The van der Waals surface area contributed by atoms with Crippen LogP contribution < -0.4 is 0 Å². The van der Waals surface area contributed by atoms with Crippen LogP contribution in [-0.2, 0) is 29.5 Å². The Bertz CT molecular complexity index is 1220. The number of hydrogen-bond acceptors (Lipinski definition) is 6. The molecule has 190 valence electrons. The van der Waals surface area contributed by atoms with Crippen LogP contribution in [0.3, 0.4) is 0 Å². The summed E-state index contributed by atoms with van der Waals surface area (Å²) in [7, 11) is 2.04. The van der Waals surface area contributed by atoms with E-state index in [4.69, 9.17) is 4.74 Å². The second kappa shape index (κ2) is 10.4. The van der Waals surface area contributed by atoms with Gasteiger partial charge in [0.25, 0.3) is 0 Å². The molecule has 0 spiro atoms. The van der Waals surface area contributed by atoms with Crippen molar-refractivity contribution in [3.63, 3.8) is 0 Å². The Morgan fingerprint density at radius 1 is 1.00 bits per heavy atom. The van der Waals surface area contributed by atoms with E-state index in [0.717, 1.165) is 62.2 Å². The van der Waals surface area contributed by atoms with Crippen LogP contribution >= 0.6 is 0 Å². The summed E-state index contributed by atoms with van der Waals surface area (Å²) in [5.41, 5.74) is 4.51. The van der Waals surface area contributed by atoms with Crippen molar-refractivity contribution in [2.45, 2.75) is 51.1 Å². The Morgan fingerprint density at radius 2 is 1.81 bits per heavy atom. The Hall–Kier alpha value is -2.61. The molecule has 0 aliphatic carbocycles. The molecule has 2 aromatic heterocycles. The molecule has 3 aromatic rings. The van der Waals surface area contributed by atoms with Crippen LogP contribution in [0.15, 0.2) is 36.7 Å². The number of Topliss-reactive ketones (excluding diaryl/α,β-unsaturated/α-hetero) is 1. The first kappa shape index (κ1) is 23.8. The van der Waals surface area contributed by atoms with Crippen molar-refractivity contribution in [3.8, 4) is 11.1 Å². The SMILES string of the molecule is Cn1ncc(-c2ccc3cnc(CC(=O)C4CCN(C5COC5)CC4)cc3c2)c1CN1CCCCC1. The Morgan fingerprint density at radius 3 is 2.56 bits per heavy atom. The molecule has 3 saturated heterocycles. The Balaban J connectivity index is 1.16. The van der Waals surface area contributed by atoms with Gasteiger partial charge in [0, 0.05) is 48.8 Å². The number of likely N-dealkylation sites (tertiary alicyclic amines) is 2. The van der Waals surface area contributed by atoms with Gasteiger partial charge < -0.3 is 4.74 Å².